The Balaban J connectivity index is 1.36. The van der Waals surface area contributed by atoms with Crippen molar-refractivity contribution in [2.24, 2.45) is 0 Å². The van der Waals surface area contributed by atoms with Gasteiger partial charge >= 0.3 is 5.97 Å². The SMILES string of the molecule is COC(=O)c1ccc(OCCCCn2c3ccccc3c3ccccc32)cc1. The Kier molecular flexibility index (Phi) is 5.29. The topological polar surface area (TPSA) is 40.5 Å². The number of aryl methyl sites for hydroxylation is 1. The normalized spacial score (nSPS) is 11.0. The van der Waals surface area contributed by atoms with E-state index >= 15 is 0 Å². The smallest absolute Gasteiger partial charge is 0.337 e. The van der Waals surface area contributed by atoms with Crippen LogP contribution in [0.3, 0.4) is 0 Å². The third-order valence-corrected chi connectivity index (χ3v) is 5.00. The predicted octanol–water partition coefficient (Wildman–Crippen LogP) is 5.44. The molecular formula is C24H23NO3. The fourth-order valence-corrected chi connectivity index (χ4v) is 3.61. The Labute approximate surface area is 164 Å². The molecule has 0 aliphatic rings. The molecule has 3 aromatic carbocycles. The predicted molar refractivity (Wildman–Crippen MR) is 112 cm³/mol. The van der Waals surface area contributed by atoms with Crippen LogP contribution in [0.15, 0.2) is 72.8 Å². The Morgan fingerprint density at radius 3 is 2.04 bits per heavy atom. The molecule has 4 rings (SSSR count). The molecule has 4 nitrogen and oxygen atoms in total. The van der Waals surface area contributed by atoms with Gasteiger partial charge in [0.1, 0.15) is 5.75 Å². The first-order valence-electron chi connectivity index (χ1n) is 9.55. The number of methoxy groups -OCH3 is 1. The second-order valence-corrected chi connectivity index (χ2v) is 6.76. The van der Waals surface area contributed by atoms with Crippen LogP contribution in [0.1, 0.15) is 23.2 Å². The van der Waals surface area contributed by atoms with E-state index in [0.29, 0.717) is 12.2 Å². The lowest BCUT2D eigenvalue weighted by molar-refractivity contribution is 0.0600. The number of aromatic nitrogens is 1. The molecule has 1 heterocycles. The quantitative estimate of drug-likeness (QED) is 0.320. The standard InChI is InChI=1S/C24H23NO3/c1-27-24(26)18-12-14-19(15-13-18)28-17-7-6-16-25-22-10-4-2-8-20(22)21-9-3-5-11-23(21)25/h2-5,8-15H,6-7,16-17H2,1H3. The average Bonchev–Trinajstić information content (AvgIpc) is 3.07. The highest BCUT2D eigenvalue weighted by atomic mass is 16.5. The zero-order valence-corrected chi connectivity index (χ0v) is 15.9. The second-order valence-electron chi connectivity index (χ2n) is 6.76. The summed E-state index contributed by atoms with van der Waals surface area (Å²) in [5, 5.41) is 2.61. The van der Waals surface area contributed by atoms with Crippen molar-refractivity contribution in [3.05, 3.63) is 78.4 Å². The van der Waals surface area contributed by atoms with E-state index in [9.17, 15) is 4.79 Å². The fourth-order valence-electron chi connectivity index (χ4n) is 3.61. The van der Waals surface area contributed by atoms with Gasteiger partial charge in [0.15, 0.2) is 0 Å². The average molecular weight is 373 g/mol. The zero-order chi connectivity index (χ0) is 19.3. The summed E-state index contributed by atoms with van der Waals surface area (Å²) in [6, 6.07) is 24.2. The van der Waals surface area contributed by atoms with Crippen molar-refractivity contribution in [2.75, 3.05) is 13.7 Å². The van der Waals surface area contributed by atoms with Gasteiger partial charge in [-0.15, -0.1) is 0 Å². The van der Waals surface area contributed by atoms with Crippen molar-refractivity contribution < 1.29 is 14.3 Å². The largest absolute Gasteiger partial charge is 0.494 e. The molecule has 0 aliphatic heterocycles. The van der Waals surface area contributed by atoms with Crippen LogP contribution in [-0.4, -0.2) is 24.3 Å². The molecule has 0 saturated heterocycles. The maximum Gasteiger partial charge on any atom is 0.337 e. The molecule has 4 heteroatoms. The van der Waals surface area contributed by atoms with E-state index in [2.05, 4.69) is 53.1 Å². The molecule has 28 heavy (non-hydrogen) atoms. The fraction of sp³-hybridized carbons (Fsp3) is 0.208. The van der Waals surface area contributed by atoms with Gasteiger partial charge in [0.2, 0.25) is 0 Å². The third-order valence-electron chi connectivity index (χ3n) is 5.00. The van der Waals surface area contributed by atoms with E-state index < -0.39 is 0 Å². The molecule has 0 saturated carbocycles. The van der Waals surface area contributed by atoms with Crippen molar-refractivity contribution in [2.45, 2.75) is 19.4 Å². The van der Waals surface area contributed by atoms with Crippen molar-refractivity contribution in [1.82, 2.24) is 4.57 Å². The second kappa shape index (κ2) is 8.17. The first-order valence-corrected chi connectivity index (χ1v) is 9.55. The molecule has 0 unspecified atom stereocenters. The summed E-state index contributed by atoms with van der Waals surface area (Å²) in [4.78, 5) is 11.5. The summed E-state index contributed by atoms with van der Waals surface area (Å²) in [6.07, 6.45) is 1.99. The maximum atomic E-state index is 11.5. The first kappa shape index (κ1) is 18.1. The van der Waals surface area contributed by atoms with Crippen LogP contribution in [0.4, 0.5) is 0 Å². The zero-order valence-electron chi connectivity index (χ0n) is 15.9. The van der Waals surface area contributed by atoms with Crippen LogP contribution in [0.2, 0.25) is 0 Å². The molecule has 0 atom stereocenters. The Morgan fingerprint density at radius 1 is 0.821 bits per heavy atom. The molecule has 0 N–H and O–H groups in total. The van der Waals surface area contributed by atoms with Crippen molar-refractivity contribution in [3.63, 3.8) is 0 Å². The molecule has 0 bridgehead atoms. The molecule has 0 amide bonds. The number of fused-ring (bicyclic) bond motifs is 3. The van der Waals surface area contributed by atoms with Crippen LogP contribution in [0.25, 0.3) is 21.8 Å². The van der Waals surface area contributed by atoms with Gasteiger partial charge < -0.3 is 14.0 Å². The highest BCUT2D eigenvalue weighted by Crippen LogP contribution is 2.29. The summed E-state index contributed by atoms with van der Waals surface area (Å²) in [5.41, 5.74) is 3.09. The van der Waals surface area contributed by atoms with Gasteiger partial charge in [-0.3, -0.25) is 0 Å². The lowest BCUT2D eigenvalue weighted by Gasteiger charge is -2.09. The molecule has 0 aliphatic carbocycles. The van der Waals surface area contributed by atoms with Gasteiger partial charge in [0.05, 0.1) is 19.3 Å². The van der Waals surface area contributed by atoms with Crippen molar-refractivity contribution in [3.8, 4) is 5.75 Å². The summed E-state index contributed by atoms with van der Waals surface area (Å²) in [6.45, 7) is 1.60. The van der Waals surface area contributed by atoms with E-state index in [-0.39, 0.29) is 5.97 Å². The molecule has 0 spiro atoms. The van der Waals surface area contributed by atoms with Crippen LogP contribution < -0.4 is 4.74 Å². The summed E-state index contributed by atoms with van der Waals surface area (Å²) in [7, 11) is 1.38. The van der Waals surface area contributed by atoms with Crippen molar-refractivity contribution >= 4 is 27.8 Å². The number of unbranched alkanes of at least 4 members (excludes halogenated alkanes) is 1. The minimum absolute atomic E-state index is 0.335. The minimum atomic E-state index is -0.335. The number of hydrogen-bond acceptors (Lipinski definition) is 3. The highest BCUT2D eigenvalue weighted by Gasteiger charge is 2.09. The number of para-hydroxylation sites is 2. The Bertz CT molecular complexity index is 1040. The van der Waals surface area contributed by atoms with Crippen molar-refractivity contribution in [1.29, 1.82) is 0 Å². The van der Waals surface area contributed by atoms with Crippen LogP contribution in [0, 0.1) is 0 Å². The van der Waals surface area contributed by atoms with Crippen LogP contribution >= 0.6 is 0 Å². The number of rotatable bonds is 7. The van der Waals surface area contributed by atoms with Gasteiger partial charge in [-0.1, -0.05) is 36.4 Å². The molecule has 0 fully saturated rings. The lowest BCUT2D eigenvalue weighted by atomic mass is 10.2. The molecular weight excluding hydrogens is 350 g/mol. The molecule has 0 radical (unpaired) electrons. The number of benzene rings is 3. The number of ether oxygens (including phenoxy) is 2. The van der Waals surface area contributed by atoms with Gasteiger partial charge in [-0.25, -0.2) is 4.79 Å². The van der Waals surface area contributed by atoms with E-state index in [1.165, 1.54) is 28.9 Å². The number of hydrogen-bond donors (Lipinski definition) is 0. The van der Waals surface area contributed by atoms with E-state index in [4.69, 9.17) is 9.47 Å². The number of carbonyl (C=O) groups excluding carboxylic acids is 1. The third kappa shape index (κ3) is 3.58. The Morgan fingerprint density at radius 2 is 1.43 bits per heavy atom. The monoisotopic (exact) mass is 373 g/mol. The lowest BCUT2D eigenvalue weighted by Crippen LogP contribution is -2.03. The summed E-state index contributed by atoms with van der Waals surface area (Å²) in [5.74, 6) is 0.433. The van der Waals surface area contributed by atoms with Crippen LogP contribution in [0.5, 0.6) is 5.75 Å². The number of esters is 1. The minimum Gasteiger partial charge on any atom is -0.494 e. The van der Waals surface area contributed by atoms with Gasteiger partial charge in [0.25, 0.3) is 0 Å². The summed E-state index contributed by atoms with van der Waals surface area (Å²) < 4.78 is 12.9. The number of nitrogens with zero attached hydrogens (tertiary/aromatic N) is 1. The molecule has 4 aromatic rings. The summed E-state index contributed by atoms with van der Waals surface area (Å²) >= 11 is 0. The van der Waals surface area contributed by atoms with Crippen LogP contribution in [-0.2, 0) is 11.3 Å². The highest BCUT2D eigenvalue weighted by molar-refractivity contribution is 6.07. The first-order chi connectivity index (χ1) is 13.8. The van der Waals surface area contributed by atoms with E-state index in [1.807, 2.05) is 0 Å². The maximum absolute atomic E-state index is 11.5. The van der Waals surface area contributed by atoms with Gasteiger partial charge in [0, 0.05) is 28.4 Å². The van der Waals surface area contributed by atoms with E-state index in [1.54, 1.807) is 24.3 Å². The molecule has 1 aromatic heterocycles. The van der Waals surface area contributed by atoms with E-state index in [0.717, 1.165) is 25.1 Å². The van der Waals surface area contributed by atoms with Gasteiger partial charge in [-0.05, 0) is 49.2 Å². The Hall–Kier alpha value is -3.27. The number of carbonyl (C=O) groups is 1. The van der Waals surface area contributed by atoms with Gasteiger partial charge in [-0.2, -0.15) is 0 Å². The molecule has 142 valence electrons.